The molecule has 1 unspecified atom stereocenters. The van der Waals surface area contributed by atoms with Crippen LogP contribution in [-0.4, -0.2) is 35.5 Å². The fourth-order valence-corrected chi connectivity index (χ4v) is 2.56. The van der Waals surface area contributed by atoms with Crippen LogP contribution in [0.1, 0.15) is 29.0 Å². The lowest BCUT2D eigenvalue weighted by molar-refractivity contribution is 0.170. The van der Waals surface area contributed by atoms with Gasteiger partial charge in [-0.15, -0.1) is 0 Å². The van der Waals surface area contributed by atoms with E-state index in [1.165, 1.54) is 0 Å². The van der Waals surface area contributed by atoms with Crippen molar-refractivity contribution in [2.24, 2.45) is 0 Å². The molecule has 0 saturated heterocycles. The molecule has 1 atom stereocenters. The smallest absolute Gasteiger partial charge is 0.314 e. The van der Waals surface area contributed by atoms with Crippen LogP contribution in [0.4, 0.5) is 4.79 Å². The number of aryl methyl sites for hydroxylation is 2. The van der Waals surface area contributed by atoms with Crippen LogP contribution in [0.5, 0.6) is 0 Å². The lowest BCUT2D eigenvalue weighted by Crippen LogP contribution is -2.40. The van der Waals surface area contributed by atoms with Crippen LogP contribution < -0.4 is 10.6 Å². The van der Waals surface area contributed by atoms with Gasteiger partial charge < -0.3 is 20.3 Å². The van der Waals surface area contributed by atoms with Gasteiger partial charge in [0.1, 0.15) is 5.76 Å². The summed E-state index contributed by atoms with van der Waals surface area (Å²) in [5.41, 5.74) is 3.06. The van der Waals surface area contributed by atoms with Crippen molar-refractivity contribution >= 4 is 6.03 Å². The van der Waals surface area contributed by atoms with Crippen molar-refractivity contribution in [3.63, 3.8) is 0 Å². The van der Waals surface area contributed by atoms with Crippen molar-refractivity contribution in [3.8, 4) is 0 Å². The first-order valence-corrected chi connectivity index (χ1v) is 8.21. The fraction of sp³-hybridized carbons (Fsp3) is 0.444. The molecule has 3 N–H and O–H groups in total. The number of hydrogen-bond acceptors (Lipinski definition) is 4. The molecular formula is C18H25N3O3. The molecule has 2 amide bonds. The Morgan fingerprint density at radius 2 is 2.00 bits per heavy atom. The molecule has 6 heteroatoms. The number of amides is 2. The second-order valence-corrected chi connectivity index (χ2v) is 5.89. The predicted molar refractivity (Wildman–Crippen MR) is 91.9 cm³/mol. The summed E-state index contributed by atoms with van der Waals surface area (Å²) in [4.78, 5) is 11.7. The van der Waals surface area contributed by atoms with Crippen molar-refractivity contribution in [3.05, 3.63) is 52.9 Å². The molecule has 24 heavy (non-hydrogen) atoms. The Labute approximate surface area is 142 Å². The Kier molecular flexibility index (Phi) is 6.81. The van der Waals surface area contributed by atoms with E-state index in [-0.39, 0.29) is 12.6 Å². The molecule has 6 nitrogen and oxygen atoms in total. The molecule has 0 bridgehead atoms. The van der Waals surface area contributed by atoms with Crippen LogP contribution in [0.15, 0.2) is 34.9 Å². The summed E-state index contributed by atoms with van der Waals surface area (Å²) < 4.78 is 5.11. The SMILES string of the molecule is Cc1noc(C)c1CCCNC(=O)NCC(O)Cc1ccccc1. The van der Waals surface area contributed by atoms with E-state index >= 15 is 0 Å². The molecule has 0 spiro atoms. The first-order chi connectivity index (χ1) is 11.6. The third kappa shape index (κ3) is 5.70. The summed E-state index contributed by atoms with van der Waals surface area (Å²) in [5.74, 6) is 0.834. The highest BCUT2D eigenvalue weighted by atomic mass is 16.5. The summed E-state index contributed by atoms with van der Waals surface area (Å²) in [6.07, 6.45) is 1.55. The van der Waals surface area contributed by atoms with E-state index in [1.54, 1.807) is 0 Å². The number of benzene rings is 1. The maximum Gasteiger partial charge on any atom is 0.314 e. The molecule has 0 aliphatic carbocycles. The molecule has 0 aliphatic rings. The lowest BCUT2D eigenvalue weighted by atomic mass is 10.1. The Bertz CT molecular complexity index is 621. The van der Waals surface area contributed by atoms with Gasteiger partial charge in [-0.05, 0) is 32.3 Å². The minimum Gasteiger partial charge on any atom is -0.391 e. The number of aliphatic hydroxyl groups excluding tert-OH is 1. The van der Waals surface area contributed by atoms with Crippen molar-refractivity contribution < 1.29 is 14.4 Å². The molecule has 2 rings (SSSR count). The molecule has 0 aliphatic heterocycles. The largest absolute Gasteiger partial charge is 0.391 e. The van der Waals surface area contributed by atoms with Gasteiger partial charge in [0, 0.05) is 25.1 Å². The van der Waals surface area contributed by atoms with Gasteiger partial charge in [-0.2, -0.15) is 0 Å². The molecule has 2 aromatic rings. The van der Waals surface area contributed by atoms with E-state index in [1.807, 2.05) is 44.2 Å². The van der Waals surface area contributed by atoms with Crippen molar-refractivity contribution in [2.75, 3.05) is 13.1 Å². The molecule has 0 saturated carbocycles. The first-order valence-electron chi connectivity index (χ1n) is 8.21. The number of nitrogens with one attached hydrogen (secondary N) is 2. The third-order valence-corrected chi connectivity index (χ3v) is 3.88. The second-order valence-electron chi connectivity index (χ2n) is 5.89. The van der Waals surface area contributed by atoms with Crippen molar-refractivity contribution in [1.82, 2.24) is 15.8 Å². The van der Waals surface area contributed by atoms with Gasteiger partial charge in [0.2, 0.25) is 0 Å². The summed E-state index contributed by atoms with van der Waals surface area (Å²) >= 11 is 0. The third-order valence-electron chi connectivity index (χ3n) is 3.88. The van der Waals surface area contributed by atoms with Crippen LogP contribution in [-0.2, 0) is 12.8 Å². The van der Waals surface area contributed by atoms with E-state index in [4.69, 9.17) is 4.52 Å². The minimum absolute atomic E-state index is 0.227. The Hall–Kier alpha value is -2.34. The predicted octanol–water partition coefficient (Wildman–Crippen LogP) is 2.13. The number of rotatable bonds is 8. The van der Waals surface area contributed by atoms with Crippen LogP contribution in [0.2, 0.25) is 0 Å². The fourth-order valence-electron chi connectivity index (χ4n) is 2.56. The van der Waals surface area contributed by atoms with Gasteiger partial charge in [-0.1, -0.05) is 35.5 Å². The van der Waals surface area contributed by atoms with Crippen LogP contribution >= 0.6 is 0 Å². The van der Waals surface area contributed by atoms with Gasteiger partial charge in [0.25, 0.3) is 0 Å². The quantitative estimate of drug-likeness (QED) is 0.647. The van der Waals surface area contributed by atoms with E-state index in [0.29, 0.717) is 13.0 Å². The zero-order valence-electron chi connectivity index (χ0n) is 14.2. The molecule has 1 aromatic carbocycles. The van der Waals surface area contributed by atoms with Crippen LogP contribution in [0.3, 0.4) is 0 Å². The number of aliphatic hydroxyl groups is 1. The highest BCUT2D eigenvalue weighted by Crippen LogP contribution is 2.13. The average molecular weight is 331 g/mol. The lowest BCUT2D eigenvalue weighted by Gasteiger charge is -2.12. The van der Waals surface area contributed by atoms with Gasteiger partial charge in [-0.25, -0.2) is 4.79 Å². The van der Waals surface area contributed by atoms with Crippen LogP contribution in [0.25, 0.3) is 0 Å². The number of urea groups is 1. The normalized spacial score (nSPS) is 12.0. The summed E-state index contributed by atoms with van der Waals surface area (Å²) in [5, 5.41) is 19.3. The number of aromatic nitrogens is 1. The number of carbonyl (C=O) groups excluding carboxylic acids is 1. The molecular weight excluding hydrogens is 306 g/mol. The summed E-state index contributed by atoms with van der Waals surface area (Å²) in [7, 11) is 0. The first kappa shape index (κ1) is 18.0. The number of nitrogens with zero attached hydrogens (tertiary/aromatic N) is 1. The van der Waals surface area contributed by atoms with Crippen LogP contribution in [0, 0.1) is 13.8 Å². The Morgan fingerprint density at radius 1 is 1.25 bits per heavy atom. The second kappa shape index (κ2) is 9.08. The standard InChI is InChI=1S/C18H25N3O3/c1-13-17(14(2)24-21-13)9-6-10-19-18(23)20-12-16(22)11-15-7-4-3-5-8-15/h3-5,7-8,16,22H,6,9-12H2,1-2H3,(H2,19,20,23). The summed E-state index contributed by atoms with van der Waals surface area (Å²) in [6.45, 7) is 4.60. The highest BCUT2D eigenvalue weighted by molar-refractivity contribution is 5.73. The summed E-state index contributed by atoms with van der Waals surface area (Å²) in [6, 6.07) is 9.45. The zero-order chi connectivity index (χ0) is 17.4. The van der Waals surface area contributed by atoms with E-state index in [0.717, 1.165) is 35.4 Å². The van der Waals surface area contributed by atoms with E-state index in [2.05, 4.69) is 15.8 Å². The zero-order valence-corrected chi connectivity index (χ0v) is 14.2. The molecule has 0 radical (unpaired) electrons. The molecule has 0 fully saturated rings. The minimum atomic E-state index is -0.597. The maximum absolute atomic E-state index is 11.7. The number of carbonyl (C=O) groups is 1. The monoisotopic (exact) mass is 331 g/mol. The van der Waals surface area contributed by atoms with Gasteiger partial charge >= 0.3 is 6.03 Å². The molecule has 1 heterocycles. The Morgan fingerprint density at radius 3 is 2.67 bits per heavy atom. The molecule has 130 valence electrons. The van der Waals surface area contributed by atoms with E-state index in [9.17, 15) is 9.90 Å². The van der Waals surface area contributed by atoms with Gasteiger partial charge in [0.05, 0.1) is 11.8 Å². The van der Waals surface area contributed by atoms with Crippen molar-refractivity contribution in [1.29, 1.82) is 0 Å². The van der Waals surface area contributed by atoms with Gasteiger partial charge in [0.15, 0.2) is 0 Å². The van der Waals surface area contributed by atoms with Crippen molar-refractivity contribution in [2.45, 2.75) is 39.2 Å². The van der Waals surface area contributed by atoms with Gasteiger partial charge in [-0.3, -0.25) is 0 Å². The average Bonchev–Trinajstić information content (AvgIpc) is 2.89. The highest BCUT2D eigenvalue weighted by Gasteiger charge is 2.10. The number of hydrogen-bond donors (Lipinski definition) is 3. The Balaban J connectivity index is 1.59. The maximum atomic E-state index is 11.7. The topological polar surface area (TPSA) is 87.4 Å². The molecule has 1 aromatic heterocycles. The van der Waals surface area contributed by atoms with E-state index < -0.39 is 6.10 Å².